The van der Waals surface area contributed by atoms with E-state index in [9.17, 15) is 4.79 Å². The fraction of sp³-hybridized carbons (Fsp3) is 0.611. The molecule has 1 heterocycles. The number of carbonyl (C=O) groups excluding carboxylic acids is 1. The van der Waals surface area contributed by atoms with Crippen LogP contribution in [0, 0.1) is 0 Å². The van der Waals surface area contributed by atoms with Crippen molar-refractivity contribution in [3.05, 3.63) is 23.8 Å². The molecule has 23 heavy (non-hydrogen) atoms. The fourth-order valence-corrected chi connectivity index (χ4v) is 3.02. The summed E-state index contributed by atoms with van der Waals surface area (Å²) in [5.74, 6) is 1.14. The minimum absolute atomic E-state index is 0.304. The summed E-state index contributed by atoms with van der Waals surface area (Å²) in [6.07, 6.45) is 3.41. The second-order valence-electron chi connectivity index (χ2n) is 6.07. The van der Waals surface area contributed by atoms with Crippen LogP contribution < -0.4 is 9.47 Å². The van der Waals surface area contributed by atoms with Crippen molar-refractivity contribution in [1.29, 1.82) is 0 Å². The molecule has 1 aromatic carbocycles. The largest absolute Gasteiger partial charge is 0.493 e. The Bertz CT molecular complexity index is 496. The van der Waals surface area contributed by atoms with Crippen LogP contribution in [0.5, 0.6) is 11.5 Å². The second kappa shape index (κ2) is 8.89. The fourth-order valence-electron chi connectivity index (χ4n) is 3.02. The highest BCUT2D eigenvalue weighted by atomic mass is 16.5. The molecule has 1 saturated heterocycles. The number of methoxy groups -OCH3 is 1. The molecule has 0 bridgehead atoms. The summed E-state index contributed by atoms with van der Waals surface area (Å²) in [6, 6.07) is 5.33. The molecule has 0 N–H and O–H groups in total. The van der Waals surface area contributed by atoms with Crippen molar-refractivity contribution in [2.75, 3.05) is 33.4 Å². The quantitative estimate of drug-likeness (QED) is 0.544. The summed E-state index contributed by atoms with van der Waals surface area (Å²) >= 11 is 0. The predicted octanol–water partition coefficient (Wildman–Crippen LogP) is 2.78. The van der Waals surface area contributed by atoms with Crippen molar-refractivity contribution in [2.45, 2.75) is 38.9 Å². The van der Waals surface area contributed by atoms with Gasteiger partial charge < -0.3 is 14.2 Å². The van der Waals surface area contributed by atoms with Crippen LogP contribution in [0.15, 0.2) is 18.2 Å². The Balaban J connectivity index is 1.74. The summed E-state index contributed by atoms with van der Waals surface area (Å²) in [7, 11) is 1.58. The van der Waals surface area contributed by atoms with Crippen molar-refractivity contribution in [1.82, 2.24) is 4.90 Å². The van der Waals surface area contributed by atoms with E-state index in [2.05, 4.69) is 18.7 Å². The Morgan fingerprint density at radius 3 is 2.65 bits per heavy atom. The molecule has 0 amide bonds. The molecule has 5 nitrogen and oxygen atoms in total. The lowest BCUT2D eigenvalue weighted by Gasteiger charge is -2.35. The first-order valence-electron chi connectivity index (χ1n) is 8.26. The molecule has 2 atom stereocenters. The van der Waals surface area contributed by atoms with Gasteiger partial charge in [-0.1, -0.05) is 6.07 Å². The average molecular weight is 321 g/mol. The number of carbonyl (C=O) groups is 1. The number of hydrogen-bond acceptors (Lipinski definition) is 5. The highest BCUT2D eigenvalue weighted by molar-refractivity contribution is 5.81. The lowest BCUT2D eigenvalue weighted by Crippen LogP contribution is -2.45. The van der Waals surface area contributed by atoms with E-state index in [4.69, 9.17) is 14.2 Å². The van der Waals surface area contributed by atoms with Gasteiger partial charge in [-0.2, -0.15) is 0 Å². The maximum atomic E-state index is 11.1. The number of para-hydroxylation sites is 1. The molecule has 0 saturated carbocycles. The molecule has 5 heteroatoms. The standard InChI is InChI=1S/C18H27NO4/c1-14-11-19(12-15(2)23-14)9-4-5-10-22-18-16(13-20)7-6-8-17(18)21-3/h6-8,13-15H,4-5,9-12H2,1-3H3/t14-,15+. The zero-order chi connectivity index (χ0) is 16.7. The molecule has 2 rings (SSSR count). The molecular formula is C18H27NO4. The van der Waals surface area contributed by atoms with Crippen molar-refractivity contribution in [2.24, 2.45) is 0 Å². The van der Waals surface area contributed by atoms with Gasteiger partial charge in [0.25, 0.3) is 0 Å². The Morgan fingerprint density at radius 2 is 2.00 bits per heavy atom. The summed E-state index contributed by atoms with van der Waals surface area (Å²) in [4.78, 5) is 13.5. The number of nitrogens with zero attached hydrogens (tertiary/aromatic N) is 1. The number of rotatable bonds is 8. The van der Waals surface area contributed by atoms with Crippen LogP contribution in [0.4, 0.5) is 0 Å². The van der Waals surface area contributed by atoms with E-state index in [0.717, 1.165) is 38.8 Å². The number of aldehydes is 1. The van der Waals surface area contributed by atoms with E-state index in [-0.39, 0.29) is 0 Å². The van der Waals surface area contributed by atoms with E-state index < -0.39 is 0 Å². The van der Waals surface area contributed by atoms with E-state index in [1.165, 1.54) is 0 Å². The maximum absolute atomic E-state index is 11.1. The van der Waals surface area contributed by atoms with E-state index >= 15 is 0 Å². The lowest BCUT2D eigenvalue weighted by molar-refractivity contribution is -0.0682. The molecule has 0 unspecified atom stereocenters. The lowest BCUT2D eigenvalue weighted by atomic mass is 10.2. The zero-order valence-electron chi connectivity index (χ0n) is 14.3. The third kappa shape index (κ3) is 5.22. The van der Waals surface area contributed by atoms with Gasteiger partial charge in [0.2, 0.25) is 0 Å². The van der Waals surface area contributed by atoms with Crippen molar-refractivity contribution >= 4 is 6.29 Å². The highest BCUT2D eigenvalue weighted by Gasteiger charge is 2.21. The molecule has 1 aliphatic heterocycles. The van der Waals surface area contributed by atoms with Gasteiger partial charge in [0, 0.05) is 13.1 Å². The van der Waals surface area contributed by atoms with Crippen LogP contribution in [0.2, 0.25) is 0 Å². The van der Waals surface area contributed by atoms with Crippen molar-refractivity contribution in [3.8, 4) is 11.5 Å². The number of ether oxygens (including phenoxy) is 3. The topological polar surface area (TPSA) is 48.0 Å². The third-order valence-electron chi connectivity index (χ3n) is 3.97. The number of unbranched alkanes of at least 4 members (excludes halogenated alkanes) is 1. The monoisotopic (exact) mass is 321 g/mol. The number of benzene rings is 1. The normalized spacial score (nSPS) is 21.9. The third-order valence-corrected chi connectivity index (χ3v) is 3.97. The van der Waals surface area contributed by atoms with Crippen LogP contribution in [0.25, 0.3) is 0 Å². The van der Waals surface area contributed by atoms with Gasteiger partial charge in [0.05, 0.1) is 31.5 Å². The van der Waals surface area contributed by atoms with Gasteiger partial charge in [-0.25, -0.2) is 0 Å². The maximum Gasteiger partial charge on any atom is 0.171 e. The first kappa shape index (κ1) is 17.8. The second-order valence-corrected chi connectivity index (χ2v) is 6.07. The summed E-state index contributed by atoms with van der Waals surface area (Å²) < 4.78 is 16.8. The smallest absolute Gasteiger partial charge is 0.171 e. The van der Waals surface area contributed by atoms with E-state index in [0.29, 0.717) is 35.9 Å². The minimum Gasteiger partial charge on any atom is -0.493 e. The SMILES string of the molecule is COc1cccc(C=O)c1OCCCCN1C[C@@H](C)O[C@@H](C)C1. The Hall–Kier alpha value is -1.59. The summed E-state index contributed by atoms with van der Waals surface area (Å²) in [6.45, 7) is 7.85. The van der Waals surface area contributed by atoms with Gasteiger partial charge in [0.15, 0.2) is 17.8 Å². The molecular weight excluding hydrogens is 294 g/mol. The molecule has 1 aliphatic rings. The van der Waals surface area contributed by atoms with Crippen LogP contribution in [0.3, 0.4) is 0 Å². The first-order chi connectivity index (χ1) is 11.1. The molecule has 128 valence electrons. The van der Waals surface area contributed by atoms with Gasteiger partial charge in [-0.15, -0.1) is 0 Å². The Kier molecular flexibility index (Phi) is 6.86. The Labute approximate surface area is 138 Å². The number of hydrogen-bond donors (Lipinski definition) is 0. The predicted molar refractivity (Wildman–Crippen MR) is 89.6 cm³/mol. The van der Waals surface area contributed by atoms with E-state index in [1.54, 1.807) is 25.3 Å². The van der Waals surface area contributed by atoms with Crippen LogP contribution >= 0.6 is 0 Å². The molecule has 0 radical (unpaired) electrons. The summed E-state index contributed by atoms with van der Waals surface area (Å²) in [5.41, 5.74) is 0.528. The molecule has 0 aromatic heterocycles. The molecule has 0 aliphatic carbocycles. The van der Waals surface area contributed by atoms with Crippen LogP contribution in [0.1, 0.15) is 37.0 Å². The highest BCUT2D eigenvalue weighted by Crippen LogP contribution is 2.30. The number of morpholine rings is 1. The first-order valence-corrected chi connectivity index (χ1v) is 8.26. The van der Waals surface area contributed by atoms with Gasteiger partial charge in [-0.05, 0) is 45.4 Å². The Morgan fingerprint density at radius 1 is 1.26 bits per heavy atom. The minimum atomic E-state index is 0.304. The van der Waals surface area contributed by atoms with Crippen LogP contribution in [-0.4, -0.2) is 56.7 Å². The van der Waals surface area contributed by atoms with Gasteiger partial charge in [0.1, 0.15) is 0 Å². The average Bonchev–Trinajstić information content (AvgIpc) is 2.53. The molecule has 0 spiro atoms. The van der Waals surface area contributed by atoms with Gasteiger partial charge >= 0.3 is 0 Å². The summed E-state index contributed by atoms with van der Waals surface area (Å²) in [5, 5.41) is 0. The van der Waals surface area contributed by atoms with Gasteiger partial charge in [-0.3, -0.25) is 9.69 Å². The van der Waals surface area contributed by atoms with Crippen molar-refractivity contribution < 1.29 is 19.0 Å². The van der Waals surface area contributed by atoms with E-state index in [1.807, 2.05) is 0 Å². The molecule has 1 fully saturated rings. The van der Waals surface area contributed by atoms with Crippen LogP contribution in [-0.2, 0) is 4.74 Å². The zero-order valence-corrected chi connectivity index (χ0v) is 14.3. The molecule has 1 aromatic rings. The van der Waals surface area contributed by atoms with Crippen molar-refractivity contribution in [3.63, 3.8) is 0 Å².